The van der Waals surface area contributed by atoms with Crippen molar-refractivity contribution >= 4 is 46.8 Å². The van der Waals surface area contributed by atoms with E-state index in [1.54, 1.807) is 5.38 Å². The van der Waals surface area contributed by atoms with E-state index in [4.69, 9.17) is 35.4 Å². The summed E-state index contributed by atoms with van der Waals surface area (Å²) in [6, 6.07) is 2.67. The molecule has 1 heterocycles. The van der Waals surface area contributed by atoms with Crippen molar-refractivity contribution in [2.45, 2.75) is 0 Å². The molecule has 0 fully saturated rings. The fourth-order valence-corrected chi connectivity index (χ4v) is 2.46. The zero-order valence-corrected chi connectivity index (χ0v) is 10.3. The third-order valence-corrected chi connectivity index (χ3v) is 3.48. The van der Waals surface area contributed by atoms with E-state index in [1.165, 1.54) is 23.5 Å². The Hall–Kier alpha value is -0.420. The maximum Gasteiger partial charge on any atom is 0.158 e. The number of hydrogen-bond acceptors (Lipinski definition) is 2. The van der Waals surface area contributed by atoms with Gasteiger partial charge in [0.15, 0.2) is 3.95 Å². The van der Waals surface area contributed by atoms with E-state index in [2.05, 4.69) is 4.98 Å². The zero-order valence-electron chi connectivity index (χ0n) is 7.18. The number of benzene rings is 1. The number of H-pyrrole nitrogens is 1. The average molecular weight is 280 g/mol. The highest BCUT2D eigenvalue weighted by molar-refractivity contribution is 7.73. The second-order valence-electron chi connectivity index (χ2n) is 2.81. The Morgan fingerprint density at radius 2 is 2.00 bits per heavy atom. The first-order valence-corrected chi connectivity index (χ1v) is 5.95. The first kappa shape index (κ1) is 11.1. The van der Waals surface area contributed by atoms with E-state index in [1.807, 2.05) is 0 Å². The van der Waals surface area contributed by atoms with Crippen molar-refractivity contribution < 1.29 is 4.39 Å². The minimum absolute atomic E-state index is 0.0116. The molecule has 0 atom stereocenters. The minimum atomic E-state index is -0.499. The van der Waals surface area contributed by atoms with Gasteiger partial charge in [0.05, 0.1) is 15.7 Å². The molecule has 0 unspecified atom stereocenters. The van der Waals surface area contributed by atoms with Crippen LogP contribution in [0.1, 0.15) is 0 Å². The van der Waals surface area contributed by atoms with Crippen LogP contribution in [-0.2, 0) is 0 Å². The molecule has 15 heavy (non-hydrogen) atoms. The van der Waals surface area contributed by atoms with E-state index in [9.17, 15) is 4.39 Å². The Labute approximate surface area is 104 Å². The van der Waals surface area contributed by atoms with Crippen LogP contribution in [0.3, 0.4) is 0 Å². The van der Waals surface area contributed by atoms with Gasteiger partial charge in [-0.15, -0.1) is 11.3 Å². The molecule has 0 bridgehead atoms. The number of hydrogen-bond donors (Lipinski definition) is 1. The molecule has 2 rings (SSSR count). The van der Waals surface area contributed by atoms with Crippen LogP contribution in [0.4, 0.5) is 4.39 Å². The molecule has 0 aliphatic heterocycles. The highest BCUT2D eigenvalue weighted by Crippen LogP contribution is 2.32. The van der Waals surface area contributed by atoms with E-state index in [0.717, 1.165) is 0 Å². The summed E-state index contributed by atoms with van der Waals surface area (Å²) in [5, 5.41) is 2.19. The molecule has 1 aromatic heterocycles. The second kappa shape index (κ2) is 4.22. The fraction of sp³-hybridized carbons (Fsp3) is 0. The lowest BCUT2D eigenvalue weighted by Crippen LogP contribution is -1.84. The average Bonchev–Trinajstić information content (AvgIpc) is 2.58. The van der Waals surface area contributed by atoms with E-state index < -0.39 is 5.82 Å². The minimum Gasteiger partial charge on any atom is -0.337 e. The smallest absolute Gasteiger partial charge is 0.158 e. The van der Waals surface area contributed by atoms with Crippen molar-refractivity contribution in [2.24, 2.45) is 0 Å². The number of halogens is 3. The van der Waals surface area contributed by atoms with Crippen molar-refractivity contribution in [3.8, 4) is 11.3 Å². The molecule has 1 N–H and O–H groups in total. The Morgan fingerprint density at radius 3 is 2.60 bits per heavy atom. The largest absolute Gasteiger partial charge is 0.337 e. The van der Waals surface area contributed by atoms with Crippen molar-refractivity contribution in [1.29, 1.82) is 0 Å². The molecule has 0 amide bonds. The predicted molar refractivity (Wildman–Crippen MR) is 64.9 cm³/mol. The van der Waals surface area contributed by atoms with Gasteiger partial charge in [-0.25, -0.2) is 4.39 Å². The summed E-state index contributed by atoms with van der Waals surface area (Å²) in [4.78, 5) is 2.92. The second-order valence-corrected chi connectivity index (χ2v) is 5.17. The Kier molecular flexibility index (Phi) is 3.11. The molecule has 78 valence electrons. The Bertz CT molecular complexity index is 561. The number of nitrogens with one attached hydrogen (secondary N) is 1. The van der Waals surface area contributed by atoms with E-state index >= 15 is 0 Å². The third-order valence-electron chi connectivity index (χ3n) is 1.82. The summed E-state index contributed by atoms with van der Waals surface area (Å²) in [6.07, 6.45) is 0. The van der Waals surface area contributed by atoms with Crippen LogP contribution in [0.2, 0.25) is 10.0 Å². The third kappa shape index (κ3) is 2.23. The van der Waals surface area contributed by atoms with Gasteiger partial charge in [-0.2, -0.15) is 0 Å². The van der Waals surface area contributed by atoms with E-state index in [-0.39, 0.29) is 5.02 Å². The molecular weight excluding hydrogens is 276 g/mol. The quantitative estimate of drug-likeness (QED) is 0.579. The van der Waals surface area contributed by atoms with Crippen molar-refractivity contribution in [3.63, 3.8) is 0 Å². The molecule has 6 heteroatoms. The summed E-state index contributed by atoms with van der Waals surface area (Å²) in [5.41, 5.74) is 1.26. The molecule has 0 aliphatic rings. The van der Waals surface area contributed by atoms with Crippen LogP contribution in [0, 0.1) is 9.77 Å². The van der Waals surface area contributed by atoms with Gasteiger partial charge in [-0.1, -0.05) is 23.2 Å². The zero-order chi connectivity index (χ0) is 11.0. The lowest BCUT2D eigenvalue weighted by atomic mass is 10.2. The van der Waals surface area contributed by atoms with Gasteiger partial charge in [-0.3, -0.25) is 0 Å². The van der Waals surface area contributed by atoms with Gasteiger partial charge in [0, 0.05) is 10.9 Å². The highest BCUT2D eigenvalue weighted by Gasteiger charge is 2.09. The first-order valence-electron chi connectivity index (χ1n) is 3.90. The predicted octanol–water partition coefficient (Wildman–Crippen LogP) is 4.92. The summed E-state index contributed by atoms with van der Waals surface area (Å²) >= 11 is 17.8. The number of rotatable bonds is 1. The topological polar surface area (TPSA) is 15.8 Å². The normalized spacial score (nSPS) is 10.6. The summed E-state index contributed by atoms with van der Waals surface area (Å²) in [7, 11) is 0. The lowest BCUT2D eigenvalue weighted by Gasteiger charge is -2.02. The summed E-state index contributed by atoms with van der Waals surface area (Å²) in [5.74, 6) is -0.499. The van der Waals surface area contributed by atoms with Crippen molar-refractivity contribution in [3.05, 3.63) is 37.3 Å². The van der Waals surface area contributed by atoms with E-state index in [0.29, 0.717) is 20.2 Å². The molecule has 1 aromatic carbocycles. The molecule has 0 saturated heterocycles. The van der Waals surface area contributed by atoms with Crippen LogP contribution in [0.5, 0.6) is 0 Å². The van der Waals surface area contributed by atoms with Gasteiger partial charge in [0.2, 0.25) is 0 Å². The summed E-state index contributed by atoms with van der Waals surface area (Å²) in [6.45, 7) is 0. The first-order chi connectivity index (χ1) is 7.08. The van der Waals surface area contributed by atoms with Crippen LogP contribution < -0.4 is 0 Å². The van der Waals surface area contributed by atoms with Crippen LogP contribution >= 0.6 is 46.8 Å². The Balaban J connectivity index is 2.63. The van der Waals surface area contributed by atoms with Gasteiger partial charge >= 0.3 is 0 Å². The molecular formula is C9H4Cl2FNS2. The maximum absolute atomic E-state index is 13.2. The number of thiazole rings is 1. The lowest BCUT2D eigenvalue weighted by molar-refractivity contribution is 0.628. The van der Waals surface area contributed by atoms with Gasteiger partial charge in [0.1, 0.15) is 5.82 Å². The maximum atomic E-state index is 13.2. The molecule has 0 spiro atoms. The molecule has 0 saturated carbocycles. The standard InChI is InChI=1S/C9H4Cl2FNS2/c10-5-2-6(11)7(12)1-4(5)8-3-15-9(14)13-8/h1-3H,(H,13,14). The molecule has 0 aliphatic carbocycles. The Morgan fingerprint density at radius 1 is 1.27 bits per heavy atom. The monoisotopic (exact) mass is 279 g/mol. The fourth-order valence-electron chi connectivity index (χ4n) is 1.14. The molecule has 0 radical (unpaired) electrons. The highest BCUT2D eigenvalue weighted by atomic mass is 35.5. The summed E-state index contributed by atoms with van der Waals surface area (Å²) < 4.78 is 13.8. The SMILES string of the molecule is Fc1cc(-c2csc(=S)[nH]2)c(Cl)cc1Cl. The van der Waals surface area contributed by atoms with Crippen LogP contribution in [0.15, 0.2) is 17.5 Å². The molecule has 1 nitrogen and oxygen atoms in total. The van der Waals surface area contributed by atoms with Crippen molar-refractivity contribution in [2.75, 3.05) is 0 Å². The van der Waals surface area contributed by atoms with Crippen LogP contribution in [-0.4, -0.2) is 4.98 Å². The van der Waals surface area contributed by atoms with Crippen molar-refractivity contribution in [1.82, 2.24) is 4.98 Å². The van der Waals surface area contributed by atoms with Gasteiger partial charge < -0.3 is 4.98 Å². The molecule has 2 aromatic rings. The van der Waals surface area contributed by atoms with Gasteiger partial charge in [0.25, 0.3) is 0 Å². The number of aromatic nitrogens is 1. The van der Waals surface area contributed by atoms with Gasteiger partial charge in [-0.05, 0) is 24.4 Å². The van der Waals surface area contributed by atoms with Crippen LogP contribution in [0.25, 0.3) is 11.3 Å². The number of aromatic amines is 1.